The van der Waals surface area contributed by atoms with Crippen LogP contribution in [0.5, 0.6) is 0 Å². The summed E-state index contributed by atoms with van der Waals surface area (Å²) in [6, 6.07) is 14.0. The second-order valence-corrected chi connectivity index (χ2v) is 6.47. The number of hydrogen-bond donors (Lipinski definition) is 2. The van der Waals surface area contributed by atoms with Crippen molar-refractivity contribution in [3.63, 3.8) is 0 Å². The molecule has 0 saturated carbocycles. The van der Waals surface area contributed by atoms with Gasteiger partial charge in [-0.1, -0.05) is 36.4 Å². The van der Waals surface area contributed by atoms with Crippen LogP contribution in [0, 0.1) is 0 Å². The first-order valence-electron chi connectivity index (χ1n) is 8.77. The summed E-state index contributed by atoms with van der Waals surface area (Å²) in [6.45, 7) is 0.791. The monoisotopic (exact) mass is 347 g/mol. The standard InChI is InChI=1S/C20H21N5O/c1-25-18(12-14-6-3-2-4-7-14)16(13-23-25)20(26)24-17-9-11-22-19-15(17)8-5-10-21-19/h2-8,10,13,17H,9,11-12H2,1H3,(H,21,22)(H,24,26). The van der Waals surface area contributed by atoms with Gasteiger partial charge in [0, 0.05) is 31.8 Å². The van der Waals surface area contributed by atoms with Crippen molar-refractivity contribution in [2.75, 3.05) is 11.9 Å². The van der Waals surface area contributed by atoms with Gasteiger partial charge >= 0.3 is 0 Å². The smallest absolute Gasteiger partial charge is 0.255 e. The van der Waals surface area contributed by atoms with E-state index in [2.05, 4.69) is 32.8 Å². The lowest BCUT2D eigenvalue weighted by atomic mass is 10.00. The largest absolute Gasteiger partial charge is 0.370 e. The van der Waals surface area contributed by atoms with Crippen molar-refractivity contribution < 1.29 is 4.79 Å². The van der Waals surface area contributed by atoms with E-state index in [1.54, 1.807) is 17.1 Å². The number of aromatic nitrogens is 3. The molecule has 1 aromatic carbocycles. The molecule has 6 heteroatoms. The number of pyridine rings is 1. The van der Waals surface area contributed by atoms with E-state index < -0.39 is 0 Å². The van der Waals surface area contributed by atoms with E-state index in [1.165, 1.54) is 0 Å². The molecule has 1 aliphatic rings. The first-order chi connectivity index (χ1) is 12.7. The van der Waals surface area contributed by atoms with Crippen LogP contribution in [0.25, 0.3) is 0 Å². The van der Waals surface area contributed by atoms with Gasteiger partial charge in [-0.2, -0.15) is 5.10 Å². The summed E-state index contributed by atoms with van der Waals surface area (Å²) in [6.07, 6.45) is 4.91. The second-order valence-electron chi connectivity index (χ2n) is 6.47. The minimum Gasteiger partial charge on any atom is -0.370 e. The summed E-state index contributed by atoms with van der Waals surface area (Å²) in [7, 11) is 1.87. The third-order valence-electron chi connectivity index (χ3n) is 4.77. The van der Waals surface area contributed by atoms with Crippen LogP contribution in [0.1, 0.15) is 39.6 Å². The number of nitrogens with one attached hydrogen (secondary N) is 2. The van der Waals surface area contributed by atoms with Gasteiger partial charge in [-0.3, -0.25) is 9.48 Å². The molecule has 0 saturated heterocycles. The number of carbonyl (C=O) groups is 1. The molecule has 6 nitrogen and oxygen atoms in total. The first kappa shape index (κ1) is 16.3. The fourth-order valence-electron chi connectivity index (χ4n) is 3.37. The highest BCUT2D eigenvalue weighted by Gasteiger charge is 2.24. The molecule has 0 spiro atoms. The summed E-state index contributed by atoms with van der Waals surface area (Å²) in [5.74, 6) is 0.755. The molecule has 1 unspecified atom stereocenters. The highest BCUT2D eigenvalue weighted by atomic mass is 16.1. The summed E-state index contributed by atoms with van der Waals surface area (Å²) in [5.41, 5.74) is 3.72. The van der Waals surface area contributed by atoms with Crippen molar-refractivity contribution in [2.24, 2.45) is 7.05 Å². The van der Waals surface area contributed by atoms with E-state index in [0.29, 0.717) is 12.0 Å². The zero-order valence-corrected chi connectivity index (χ0v) is 14.6. The lowest BCUT2D eigenvalue weighted by Gasteiger charge is -2.26. The number of aryl methyl sites for hydroxylation is 1. The first-order valence-corrected chi connectivity index (χ1v) is 8.77. The Bertz CT molecular complexity index is 919. The van der Waals surface area contributed by atoms with Gasteiger partial charge in [0.25, 0.3) is 5.91 Å². The molecule has 2 N–H and O–H groups in total. The average molecular weight is 347 g/mol. The molecule has 1 atom stereocenters. The summed E-state index contributed by atoms with van der Waals surface area (Å²) in [4.78, 5) is 17.3. The Balaban J connectivity index is 1.57. The maximum absolute atomic E-state index is 12.9. The molecule has 0 aliphatic carbocycles. The third kappa shape index (κ3) is 3.18. The number of anilines is 1. The third-order valence-corrected chi connectivity index (χ3v) is 4.77. The van der Waals surface area contributed by atoms with Crippen LogP contribution >= 0.6 is 0 Å². The SMILES string of the molecule is Cn1ncc(C(=O)NC2CCNc3ncccc32)c1Cc1ccccc1. The number of nitrogens with zero attached hydrogens (tertiary/aromatic N) is 3. The lowest BCUT2D eigenvalue weighted by Crippen LogP contribution is -2.33. The quantitative estimate of drug-likeness (QED) is 0.761. The van der Waals surface area contributed by atoms with Gasteiger partial charge in [-0.25, -0.2) is 4.98 Å². The molecule has 0 radical (unpaired) electrons. The molecule has 26 heavy (non-hydrogen) atoms. The highest BCUT2D eigenvalue weighted by molar-refractivity contribution is 5.95. The van der Waals surface area contributed by atoms with E-state index >= 15 is 0 Å². The fraction of sp³-hybridized carbons (Fsp3) is 0.250. The Morgan fingerprint density at radius 1 is 1.27 bits per heavy atom. The summed E-state index contributed by atoms with van der Waals surface area (Å²) < 4.78 is 1.78. The zero-order chi connectivity index (χ0) is 17.9. The van der Waals surface area contributed by atoms with Crippen LogP contribution < -0.4 is 10.6 Å². The lowest BCUT2D eigenvalue weighted by molar-refractivity contribution is 0.0934. The van der Waals surface area contributed by atoms with Gasteiger partial charge in [-0.15, -0.1) is 0 Å². The molecule has 0 bridgehead atoms. The van der Waals surface area contributed by atoms with Gasteiger partial charge in [0.15, 0.2) is 0 Å². The number of hydrogen-bond acceptors (Lipinski definition) is 4. The predicted molar refractivity (Wildman–Crippen MR) is 100 cm³/mol. The van der Waals surface area contributed by atoms with Crippen LogP contribution in [0.15, 0.2) is 54.9 Å². The van der Waals surface area contributed by atoms with E-state index in [1.807, 2.05) is 37.4 Å². The molecule has 3 aromatic rings. The molecule has 1 aliphatic heterocycles. The molecule has 4 rings (SSSR count). The number of rotatable bonds is 4. The summed E-state index contributed by atoms with van der Waals surface area (Å²) >= 11 is 0. The van der Waals surface area contributed by atoms with Crippen molar-refractivity contribution in [3.8, 4) is 0 Å². The predicted octanol–water partition coefficient (Wildman–Crippen LogP) is 2.69. The van der Waals surface area contributed by atoms with Crippen molar-refractivity contribution in [3.05, 3.63) is 77.2 Å². The van der Waals surface area contributed by atoms with Gasteiger partial charge in [0.05, 0.1) is 23.5 Å². The molecule has 1 amide bonds. The van der Waals surface area contributed by atoms with Gasteiger partial charge < -0.3 is 10.6 Å². The second kappa shape index (κ2) is 7.00. The van der Waals surface area contributed by atoms with Crippen LogP contribution in [-0.2, 0) is 13.5 Å². The number of carbonyl (C=O) groups excluding carboxylic acids is 1. The maximum Gasteiger partial charge on any atom is 0.255 e. The Morgan fingerprint density at radius 2 is 2.12 bits per heavy atom. The zero-order valence-electron chi connectivity index (χ0n) is 14.6. The Hall–Kier alpha value is -3.15. The molecular formula is C20H21N5O. The van der Waals surface area contributed by atoms with E-state index in [9.17, 15) is 4.79 Å². The van der Waals surface area contributed by atoms with Crippen LogP contribution in [0.2, 0.25) is 0 Å². The Labute approximate surface area is 152 Å². The molecule has 132 valence electrons. The van der Waals surface area contributed by atoms with Crippen LogP contribution in [0.4, 0.5) is 5.82 Å². The topological polar surface area (TPSA) is 71.8 Å². The van der Waals surface area contributed by atoms with Gasteiger partial charge in [0.2, 0.25) is 0 Å². The Morgan fingerprint density at radius 3 is 2.96 bits per heavy atom. The van der Waals surface area contributed by atoms with Crippen LogP contribution in [-0.4, -0.2) is 27.2 Å². The van der Waals surface area contributed by atoms with E-state index in [-0.39, 0.29) is 11.9 Å². The van der Waals surface area contributed by atoms with Crippen molar-refractivity contribution >= 4 is 11.7 Å². The van der Waals surface area contributed by atoms with Crippen molar-refractivity contribution in [2.45, 2.75) is 18.9 Å². The van der Waals surface area contributed by atoms with Crippen LogP contribution in [0.3, 0.4) is 0 Å². The number of fused-ring (bicyclic) bond motifs is 1. The normalized spacial score (nSPS) is 15.8. The molecule has 3 heterocycles. The Kier molecular flexibility index (Phi) is 4.39. The summed E-state index contributed by atoms with van der Waals surface area (Å²) in [5, 5.41) is 10.7. The fourth-order valence-corrected chi connectivity index (χ4v) is 3.37. The van der Waals surface area contributed by atoms with Gasteiger partial charge in [0.1, 0.15) is 5.82 Å². The average Bonchev–Trinajstić information content (AvgIpc) is 3.03. The minimum absolute atomic E-state index is 0.0442. The molecule has 0 fully saturated rings. The van der Waals surface area contributed by atoms with Gasteiger partial charge in [-0.05, 0) is 18.1 Å². The van der Waals surface area contributed by atoms with Crippen molar-refractivity contribution in [1.82, 2.24) is 20.1 Å². The van der Waals surface area contributed by atoms with Crippen molar-refractivity contribution in [1.29, 1.82) is 0 Å². The minimum atomic E-state index is -0.0919. The van der Waals surface area contributed by atoms with E-state index in [4.69, 9.17) is 0 Å². The number of amides is 1. The van der Waals surface area contributed by atoms with E-state index in [0.717, 1.165) is 35.6 Å². The maximum atomic E-state index is 12.9. The highest BCUT2D eigenvalue weighted by Crippen LogP contribution is 2.28. The number of benzene rings is 1. The molecular weight excluding hydrogens is 326 g/mol. The molecule has 2 aromatic heterocycles.